The van der Waals surface area contributed by atoms with E-state index in [1.54, 1.807) is 12.1 Å². The Morgan fingerprint density at radius 3 is 1.71 bits per heavy atom. The maximum absolute atomic E-state index is 12.0. The van der Waals surface area contributed by atoms with Crippen molar-refractivity contribution in [1.29, 1.82) is 0 Å². The minimum absolute atomic E-state index is 0.0947. The fourth-order valence-electron chi connectivity index (χ4n) is 1.69. The molecule has 0 N–H and O–H groups in total. The van der Waals surface area contributed by atoms with Crippen molar-refractivity contribution < 1.29 is 9.59 Å². The molecule has 0 aliphatic heterocycles. The topological polar surface area (TPSA) is 132 Å². The fraction of sp³-hybridized carbons (Fsp3) is 0.111. The van der Waals surface area contributed by atoms with Crippen LogP contribution in [0.1, 0.15) is 20.7 Å². The molecule has 0 saturated carbocycles. The highest BCUT2D eigenvalue weighted by molar-refractivity contribution is 6.32. The molecule has 0 fully saturated rings. The number of fused-ring (bicyclic) bond motifs is 1. The van der Waals surface area contributed by atoms with Crippen molar-refractivity contribution in [3.05, 3.63) is 56.3 Å². The first-order valence-corrected chi connectivity index (χ1v) is 4.48. The van der Waals surface area contributed by atoms with Crippen molar-refractivity contribution in [3.63, 3.8) is 0 Å². The highest BCUT2D eigenvalue weighted by Crippen LogP contribution is 2.34. The molecule has 0 radical (unpaired) electrons. The molecule has 0 saturated heterocycles. The fourth-order valence-corrected chi connectivity index (χ4v) is 1.69. The molecule has 0 bridgehead atoms. The molecule has 82 valence electrons. The summed E-state index contributed by atoms with van der Waals surface area (Å²) in [5, 5.41) is 6.17. The number of hydrogen-bond acceptors (Lipinski definition) is 4. The Morgan fingerprint density at radius 2 is 1.35 bits per heavy atom. The van der Waals surface area contributed by atoms with Gasteiger partial charge in [0.05, 0.1) is 0 Å². The smallest absolute Gasteiger partial charge is 0.252 e. The minimum Gasteiger partial charge on any atom is -0.293 e. The molecular weight excluding hydrogens is 224 g/mol. The van der Waals surface area contributed by atoms with Gasteiger partial charge in [-0.05, 0) is 11.1 Å². The summed E-state index contributed by atoms with van der Waals surface area (Å²) in [5.74, 6) is -1.60. The average molecular weight is 228 g/mol. The third-order valence-electron chi connectivity index (χ3n) is 2.43. The van der Waals surface area contributed by atoms with Gasteiger partial charge in [0.25, 0.3) is 5.66 Å². The maximum atomic E-state index is 12.0. The molecule has 0 aromatic heterocycles. The summed E-state index contributed by atoms with van der Waals surface area (Å²) in [6.07, 6.45) is 0. The number of ketones is 2. The average Bonchev–Trinajstić information content (AvgIpc) is 2.54. The zero-order valence-corrected chi connectivity index (χ0v) is 8.31. The van der Waals surface area contributed by atoms with E-state index < -0.39 is 17.2 Å². The van der Waals surface area contributed by atoms with Gasteiger partial charge in [0.15, 0.2) is 11.6 Å². The molecule has 1 aliphatic carbocycles. The van der Waals surface area contributed by atoms with Crippen LogP contribution in [-0.4, -0.2) is 17.2 Å². The molecule has 0 amide bonds. The Hall–Kier alpha value is -2.82. The predicted molar refractivity (Wildman–Crippen MR) is 56.1 cm³/mol. The second kappa shape index (κ2) is 3.64. The van der Waals surface area contributed by atoms with Crippen LogP contribution in [0.15, 0.2) is 34.5 Å². The van der Waals surface area contributed by atoms with Gasteiger partial charge in [-0.2, -0.15) is 0 Å². The maximum Gasteiger partial charge on any atom is 0.252 e. The Labute approximate surface area is 94.1 Å². The van der Waals surface area contributed by atoms with Gasteiger partial charge in [-0.3, -0.25) is 9.59 Å². The van der Waals surface area contributed by atoms with Crippen molar-refractivity contribution in [2.45, 2.75) is 5.66 Å². The Bertz CT molecular complexity index is 569. The first kappa shape index (κ1) is 10.7. The summed E-state index contributed by atoms with van der Waals surface area (Å²) in [5.41, 5.74) is 14.7. The lowest BCUT2D eigenvalue weighted by Crippen LogP contribution is -2.35. The van der Waals surface area contributed by atoms with Gasteiger partial charge in [-0.15, -0.1) is 0 Å². The van der Waals surface area contributed by atoms with E-state index in [1.165, 1.54) is 12.1 Å². The molecule has 2 rings (SSSR count). The van der Waals surface area contributed by atoms with Crippen LogP contribution in [0, 0.1) is 0 Å². The van der Waals surface area contributed by atoms with Crippen molar-refractivity contribution in [2.75, 3.05) is 0 Å². The molecule has 1 aliphatic rings. The van der Waals surface area contributed by atoms with Crippen LogP contribution in [0.5, 0.6) is 0 Å². The van der Waals surface area contributed by atoms with E-state index >= 15 is 0 Å². The second-order valence-electron chi connectivity index (χ2n) is 3.25. The molecule has 0 atom stereocenters. The molecule has 1 aromatic rings. The molecule has 1 aromatic carbocycles. The van der Waals surface area contributed by atoms with Gasteiger partial charge < -0.3 is 0 Å². The highest BCUT2D eigenvalue weighted by Gasteiger charge is 2.52. The van der Waals surface area contributed by atoms with E-state index in [2.05, 4.69) is 20.1 Å². The zero-order chi connectivity index (χ0) is 12.5. The van der Waals surface area contributed by atoms with E-state index in [-0.39, 0.29) is 11.1 Å². The van der Waals surface area contributed by atoms with E-state index in [4.69, 9.17) is 11.1 Å². The first-order chi connectivity index (χ1) is 8.17. The molecule has 0 unspecified atom stereocenters. The largest absolute Gasteiger partial charge is 0.293 e. The SMILES string of the molecule is [N-]=[N+]=NC1(N=[N+]=[N-])C(=O)c2ccccc2C1=O. The van der Waals surface area contributed by atoms with Crippen molar-refractivity contribution in [2.24, 2.45) is 10.2 Å². The van der Waals surface area contributed by atoms with Gasteiger partial charge in [-0.25, -0.2) is 0 Å². The number of benzene rings is 1. The quantitative estimate of drug-likeness (QED) is 0.332. The van der Waals surface area contributed by atoms with E-state index in [0.29, 0.717) is 0 Å². The number of nitrogens with zero attached hydrogens (tertiary/aromatic N) is 6. The van der Waals surface area contributed by atoms with Crippen LogP contribution < -0.4 is 0 Å². The number of carbonyl (C=O) groups is 2. The summed E-state index contributed by atoms with van der Waals surface area (Å²) in [4.78, 5) is 28.7. The normalized spacial score (nSPS) is 15.8. The molecular formula is C9H4N6O2. The first-order valence-electron chi connectivity index (χ1n) is 4.48. The van der Waals surface area contributed by atoms with E-state index in [0.717, 1.165) is 0 Å². The van der Waals surface area contributed by atoms with Crippen LogP contribution in [0.3, 0.4) is 0 Å². The van der Waals surface area contributed by atoms with Gasteiger partial charge in [0.2, 0.25) is 0 Å². The Balaban J connectivity index is 2.77. The number of hydrogen-bond donors (Lipinski definition) is 0. The van der Waals surface area contributed by atoms with Crippen LogP contribution in [0.4, 0.5) is 0 Å². The molecule has 8 nitrogen and oxygen atoms in total. The van der Waals surface area contributed by atoms with Gasteiger partial charge >= 0.3 is 0 Å². The van der Waals surface area contributed by atoms with Crippen molar-refractivity contribution >= 4 is 11.6 Å². The van der Waals surface area contributed by atoms with Crippen molar-refractivity contribution in [3.8, 4) is 0 Å². The highest BCUT2D eigenvalue weighted by atomic mass is 16.2. The molecule has 8 heteroatoms. The van der Waals surface area contributed by atoms with E-state index in [1.807, 2.05) is 0 Å². The third-order valence-corrected chi connectivity index (χ3v) is 2.43. The number of Topliss-reactive ketones (excluding diaryl/α,β-unsaturated/α-hetero) is 2. The summed E-state index contributed by atoms with van der Waals surface area (Å²) < 4.78 is 0. The lowest BCUT2D eigenvalue weighted by molar-refractivity contribution is 0.0807. The zero-order valence-electron chi connectivity index (χ0n) is 8.31. The Morgan fingerprint density at radius 1 is 0.941 bits per heavy atom. The third kappa shape index (κ3) is 1.26. The van der Waals surface area contributed by atoms with Crippen molar-refractivity contribution in [1.82, 2.24) is 0 Å². The van der Waals surface area contributed by atoms with Crippen LogP contribution in [-0.2, 0) is 0 Å². The lowest BCUT2D eigenvalue weighted by Gasteiger charge is -2.10. The van der Waals surface area contributed by atoms with Crippen LogP contribution in [0.2, 0.25) is 0 Å². The monoisotopic (exact) mass is 228 g/mol. The standard InChI is InChI=1S/C9H4N6O2/c10-14-12-9(13-15-11)7(16)5-3-1-2-4-6(5)8(9)17/h1-4H. The molecule has 0 spiro atoms. The molecule has 0 heterocycles. The van der Waals surface area contributed by atoms with Gasteiger partial charge in [-0.1, -0.05) is 34.5 Å². The van der Waals surface area contributed by atoms with Gasteiger partial charge in [0, 0.05) is 21.0 Å². The summed E-state index contributed by atoms with van der Waals surface area (Å²) in [7, 11) is 0. The molecule has 17 heavy (non-hydrogen) atoms. The second-order valence-corrected chi connectivity index (χ2v) is 3.25. The van der Waals surface area contributed by atoms with Crippen LogP contribution >= 0.6 is 0 Å². The summed E-state index contributed by atoms with van der Waals surface area (Å²) >= 11 is 0. The minimum atomic E-state index is -2.34. The van der Waals surface area contributed by atoms with Crippen LogP contribution in [0.25, 0.3) is 20.9 Å². The van der Waals surface area contributed by atoms with E-state index in [9.17, 15) is 9.59 Å². The number of rotatable bonds is 2. The number of azide groups is 1. The number of carbonyl (C=O) groups excluding carboxylic acids is 2. The Kier molecular flexibility index (Phi) is 2.29. The lowest BCUT2D eigenvalue weighted by atomic mass is 10.1. The predicted octanol–water partition coefficient (Wildman–Crippen LogP) is 2.38. The van der Waals surface area contributed by atoms with Gasteiger partial charge in [0.1, 0.15) is 0 Å². The summed E-state index contributed by atoms with van der Waals surface area (Å²) in [6.45, 7) is 0. The summed E-state index contributed by atoms with van der Waals surface area (Å²) in [6, 6.07) is 5.95.